The first-order valence-electron chi connectivity index (χ1n) is 26.3. The molecule has 3 aromatic carbocycles. The second-order valence-electron chi connectivity index (χ2n) is 21.9. The van der Waals surface area contributed by atoms with Gasteiger partial charge in [-0.2, -0.15) is 4.98 Å². The topological polar surface area (TPSA) is 231 Å². The summed E-state index contributed by atoms with van der Waals surface area (Å²) < 4.78 is 69.1. The number of amides is 2. The maximum absolute atomic E-state index is 15.1. The quantitative estimate of drug-likeness (QED) is 0.0438. The molecule has 2 saturated heterocycles. The summed E-state index contributed by atoms with van der Waals surface area (Å²) in [4.78, 5) is 52.3. The molecule has 76 heavy (non-hydrogen) atoms. The number of rotatable bonds is 15. The van der Waals surface area contributed by atoms with Crippen LogP contribution in [0.15, 0.2) is 71.8 Å². The highest BCUT2D eigenvalue weighted by Gasteiger charge is 2.50. The van der Waals surface area contributed by atoms with E-state index in [9.17, 15) is 33.2 Å². The van der Waals surface area contributed by atoms with E-state index in [1.54, 1.807) is 26.0 Å². The fraction of sp³-hybridized carbons (Fsp3) is 0.509. The average Bonchev–Trinajstić information content (AvgIpc) is 3.77. The van der Waals surface area contributed by atoms with Gasteiger partial charge in [-0.15, -0.1) is 0 Å². The molecule has 2 atom stereocenters. The number of carbonyl (C=O) groups is 2. The highest BCUT2D eigenvalue weighted by Crippen LogP contribution is 2.54. The number of pyridine rings is 1. The lowest BCUT2D eigenvalue weighted by Crippen LogP contribution is -2.60. The van der Waals surface area contributed by atoms with Crippen molar-refractivity contribution in [1.29, 1.82) is 0 Å². The van der Waals surface area contributed by atoms with Crippen LogP contribution in [0.1, 0.15) is 113 Å². The van der Waals surface area contributed by atoms with E-state index < -0.39 is 42.9 Å². The lowest BCUT2D eigenvalue weighted by molar-refractivity contribution is -0.384. The van der Waals surface area contributed by atoms with Gasteiger partial charge in [-0.3, -0.25) is 24.6 Å². The summed E-state index contributed by atoms with van der Waals surface area (Å²) in [6.07, 6.45) is 7.50. The highest BCUT2D eigenvalue weighted by atomic mass is 32.2. The van der Waals surface area contributed by atoms with Crippen LogP contribution in [-0.4, -0.2) is 127 Å². The number of anilines is 2. The van der Waals surface area contributed by atoms with E-state index in [2.05, 4.69) is 67.9 Å². The zero-order valence-electron chi connectivity index (χ0n) is 43.6. The van der Waals surface area contributed by atoms with Gasteiger partial charge in [-0.05, 0) is 98.8 Å². The van der Waals surface area contributed by atoms with Crippen molar-refractivity contribution in [3.8, 4) is 23.1 Å². The molecule has 2 saturated carbocycles. The molecule has 4 N–H and O–H groups in total. The maximum Gasteiger partial charge on any atom is 0.297 e. The SMILES string of the molecule is COCCOc1nc2[nH]cc(F)c2cc1Oc1cc(N2CCC3(CC2)CC(N2CCN(C(C)=O)C[C@H]2c2ccccc2C(C)C)C3)ccc1C(=O)NS(=O)(=O)c1cc2c(c([N+](=O)[O-])c1)N[C@@H](C1CCC(C)(O)CC1)CO2. The Kier molecular flexibility index (Phi) is 14.7. The van der Waals surface area contributed by atoms with Gasteiger partial charge < -0.3 is 44.2 Å². The number of nitrogens with zero attached hydrogens (tertiary/aromatic N) is 5. The van der Waals surface area contributed by atoms with Crippen LogP contribution in [0.25, 0.3) is 11.0 Å². The van der Waals surface area contributed by atoms with Crippen LogP contribution in [0.2, 0.25) is 0 Å². The van der Waals surface area contributed by atoms with E-state index in [4.69, 9.17) is 18.9 Å². The number of halogens is 1. The third-order valence-corrected chi connectivity index (χ3v) is 17.9. The summed E-state index contributed by atoms with van der Waals surface area (Å²) in [6, 6.07) is 17.0. The number of nitrogens with one attached hydrogen (secondary N) is 3. The van der Waals surface area contributed by atoms with E-state index in [0.29, 0.717) is 69.5 Å². The summed E-state index contributed by atoms with van der Waals surface area (Å²) in [6.45, 7) is 11.7. The Labute approximate surface area is 441 Å². The smallest absolute Gasteiger partial charge is 0.297 e. The summed E-state index contributed by atoms with van der Waals surface area (Å²) in [7, 11) is -3.30. The molecule has 10 rings (SSSR count). The van der Waals surface area contributed by atoms with Gasteiger partial charge in [-0.1, -0.05) is 38.1 Å². The summed E-state index contributed by atoms with van der Waals surface area (Å²) in [5.41, 5.74) is 2.08. The first-order valence-corrected chi connectivity index (χ1v) is 27.8. The number of fused-ring (bicyclic) bond motifs is 2. The molecular weight excluding hydrogens is 1000 g/mol. The first-order chi connectivity index (χ1) is 36.3. The molecule has 3 aliphatic heterocycles. The number of hydrogen-bond acceptors (Lipinski definition) is 15. The van der Waals surface area contributed by atoms with Crippen molar-refractivity contribution in [2.45, 2.75) is 114 Å². The minimum Gasteiger partial charge on any atom is -0.489 e. The normalized spacial score (nSPS) is 22.9. The van der Waals surface area contributed by atoms with Crippen LogP contribution in [0.3, 0.4) is 0 Å². The molecule has 0 radical (unpaired) electrons. The van der Waals surface area contributed by atoms with E-state index in [0.717, 1.165) is 50.6 Å². The zero-order chi connectivity index (χ0) is 53.7. The number of sulfonamides is 1. The Bertz CT molecular complexity index is 3120. The second-order valence-corrected chi connectivity index (χ2v) is 23.6. The lowest BCUT2D eigenvalue weighted by Gasteiger charge is -2.58. The monoisotopic (exact) mass is 1070 g/mol. The molecule has 0 unspecified atom stereocenters. The van der Waals surface area contributed by atoms with Gasteiger partial charge in [-0.25, -0.2) is 17.5 Å². The van der Waals surface area contributed by atoms with Crippen molar-refractivity contribution in [3.63, 3.8) is 0 Å². The van der Waals surface area contributed by atoms with Gasteiger partial charge in [0.25, 0.3) is 27.5 Å². The van der Waals surface area contributed by atoms with Crippen molar-refractivity contribution >= 4 is 49.9 Å². The second kappa shape index (κ2) is 21.1. The number of aliphatic hydroxyl groups is 1. The Morgan fingerprint density at radius 3 is 2.47 bits per heavy atom. The van der Waals surface area contributed by atoms with Crippen molar-refractivity contribution in [3.05, 3.63) is 99.5 Å². The van der Waals surface area contributed by atoms with Crippen LogP contribution in [0.4, 0.5) is 21.5 Å². The van der Waals surface area contributed by atoms with E-state index in [-0.39, 0.29) is 94.6 Å². The van der Waals surface area contributed by atoms with Crippen LogP contribution < -0.4 is 29.1 Å². The number of aromatic nitrogens is 2. The molecule has 406 valence electrons. The van der Waals surface area contributed by atoms with Crippen LogP contribution >= 0.6 is 0 Å². The molecule has 2 amide bonds. The van der Waals surface area contributed by atoms with Crippen LogP contribution in [0, 0.1) is 27.3 Å². The van der Waals surface area contributed by atoms with E-state index in [1.807, 2.05) is 4.90 Å². The molecule has 5 aromatic rings. The number of carbonyl (C=O) groups excluding carboxylic acids is 2. The largest absolute Gasteiger partial charge is 0.489 e. The summed E-state index contributed by atoms with van der Waals surface area (Å²) in [5.74, 6) is -1.46. The summed E-state index contributed by atoms with van der Waals surface area (Å²) in [5, 5.41) is 26.3. The molecule has 2 aromatic heterocycles. The van der Waals surface area contributed by atoms with Crippen molar-refractivity contribution in [2.24, 2.45) is 11.3 Å². The predicted octanol–water partition coefficient (Wildman–Crippen LogP) is 8.44. The number of piperazine rings is 1. The number of aromatic amines is 1. The molecule has 19 nitrogen and oxygen atoms in total. The molecule has 1 spiro atoms. The Morgan fingerprint density at radius 1 is 1.01 bits per heavy atom. The number of piperidine rings is 1. The third-order valence-electron chi connectivity index (χ3n) is 16.6. The molecule has 21 heteroatoms. The molecule has 5 heterocycles. The van der Waals surface area contributed by atoms with Gasteiger partial charge >= 0.3 is 0 Å². The number of benzene rings is 3. The Hall–Kier alpha value is -6.55. The number of H-pyrrole nitrogens is 1. The van der Waals surface area contributed by atoms with Gasteiger partial charge in [0.15, 0.2) is 17.2 Å². The van der Waals surface area contributed by atoms with Crippen molar-refractivity contribution in [1.82, 2.24) is 24.5 Å². The van der Waals surface area contributed by atoms with Crippen LogP contribution in [-0.2, 0) is 19.6 Å². The van der Waals surface area contributed by atoms with Gasteiger partial charge in [0.1, 0.15) is 30.4 Å². The molecule has 4 fully saturated rings. The van der Waals surface area contributed by atoms with Crippen molar-refractivity contribution < 1.29 is 51.4 Å². The number of hydrogen-bond donors (Lipinski definition) is 4. The number of ether oxygens (including phenoxy) is 4. The van der Waals surface area contributed by atoms with Crippen molar-refractivity contribution in [2.75, 3.05) is 69.9 Å². The zero-order valence-corrected chi connectivity index (χ0v) is 44.4. The molecule has 2 aliphatic carbocycles. The fourth-order valence-corrected chi connectivity index (χ4v) is 13.1. The Balaban J connectivity index is 0.900. The van der Waals surface area contributed by atoms with Gasteiger partial charge in [0, 0.05) is 88.9 Å². The molecule has 5 aliphatic rings. The average molecular weight is 1070 g/mol. The number of nitro benzene ring substituents is 1. The predicted molar refractivity (Wildman–Crippen MR) is 282 cm³/mol. The lowest BCUT2D eigenvalue weighted by atomic mass is 9.59. The fourth-order valence-electron chi connectivity index (χ4n) is 12.1. The standard InChI is InChI=1S/C55H67FN8O11S/c1-33(2)39-8-6-7-9-40(39)46-31-62(34(3)65)20-21-63(46)37-28-55(29-37)16-18-61(19-17-55)36-10-11-41(47(24-36)75-49-27-42-43(56)30-57-51(42)59-53(49)73-23-22-72-5)52(66)60-76(70,71)38-25-45(64(68)69)50-48(26-38)74-32-44(58-50)35-12-14-54(4,67)15-13-35/h6-11,24-27,30,33,35,37,44,46,58,67H,12-23,28-29,31-32H2,1-5H3,(H,57,59)(H,60,66)/t35?,44-,46+,54?/m1/s1. The minimum absolute atomic E-state index is 0.0324. The Morgan fingerprint density at radius 2 is 1.76 bits per heavy atom. The van der Waals surface area contributed by atoms with Gasteiger partial charge in [0.05, 0.1) is 45.1 Å². The number of nitro groups is 1. The summed E-state index contributed by atoms with van der Waals surface area (Å²) >= 11 is 0. The molecular formula is C55H67FN8O11S. The van der Waals surface area contributed by atoms with Gasteiger partial charge in [0.2, 0.25) is 5.91 Å². The minimum atomic E-state index is -4.80. The maximum atomic E-state index is 15.1. The highest BCUT2D eigenvalue weighted by molar-refractivity contribution is 7.90. The molecule has 0 bridgehead atoms. The van der Waals surface area contributed by atoms with Crippen LogP contribution in [0.5, 0.6) is 23.1 Å². The number of methoxy groups -OCH3 is 1. The first kappa shape index (κ1) is 52.9. The van der Waals surface area contributed by atoms with E-state index >= 15 is 4.39 Å². The van der Waals surface area contributed by atoms with E-state index in [1.165, 1.54) is 30.4 Å². The third kappa shape index (κ3) is 10.7.